The number of methoxy groups -OCH3 is 1. The number of aliphatic imine (C=N–C) groups is 1. The molecule has 124 valence electrons. The van der Waals surface area contributed by atoms with E-state index in [1.807, 2.05) is 39.0 Å². The van der Waals surface area contributed by atoms with Gasteiger partial charge in [0.1, 0.15) is 12.1 Å². The zero-order valence-electron chi connectivity index (χ0n) is 14.1. The fraction of sp³-hybridized carbons (Fsp3) is 0.294. The lowest BCUT2D eigenvalue weighted by Crippen LogP contribution is -2.09. The Morgan fingerprint density at radius 2 is 2.17 bits per heavy atom. The smallest absolute Gasteiger partial charge is 0.226 e. The summed E-state index contributed by atoms with van der Waals surface area (Å²) in [6, 6.07) is 5.80. The van der Waals surface area contributed by atoms with Crippen LogP contribution in [0.5, 0.6) is 5.75 Å². The van der Waals surface area contributed by atoms with Crippen LogP contribution in [0.25, 0.3) is 17.6 Å². The van der Waals surface area contributed by atoms with Gasteiger partial charge in [0.2, 0.25) is 12.1 Å². The average Bonchev–Trinajstić information content (AvgIpc) is 3.00. The highest BCUT2D eigenvalue weighted by Gasteiger charge is 2.06. The maximum absolute atomic E-state index is 8.68. The van der Waals surface area contributed by atoms with Crippen LogP contribution >= 0.6 is 0 Å². The lowest BCUT2D eigenvalue weighted by Gasteiger charge is -2.07. The van der Waals surface area contributed by atoms with E-state index in [1.54, 1.807) is 31.9 Å². The highest BCUT2D eigenvalue weighted by molar-refractivity contribution is 5.90. The minimum absolute atomic E-state index is 0.0761. The van der Waals surface area contributed by atoms with Gasteiger partial charge in [0.05, 0.1) is 13.2 Å². The molecule has 0 aliphatic carbocycles. The van der Waals surface area contributed by atoms with E-state index in [2.05, 4.69) is 15.1 Å². The predicted octanol–water partition coefficient (Wildman–Crippen LogP) is 3.04. The molecule has 2 aromatic rings. The first kappa shape index (κ1) is 17.2. The summed E-state index contributed by atoms with van der Waals surface area (Å²) in [6.45, 7) is 5.70. The Morgan fingerprint density at radius 1 is 1.38 bits per heavy atom. The molecule has 0 aliphatic rings. The van der Waals surface area contributed by atoms with Crippen LogP contribution in [0.15, 0.2) is 35.6 Å². The first-order valence-electron chi connectivity index (χ1n) is 7.40. The third kappa shape index (κ3) is 4.68. The van der Waals surface area contributed by atoms with Gasteiger partial charge in [0.25, 0.3) is 0 Å². The average molecular weight is 325 g/mol. The third-order valence-electron chi connectivity index (χ3n) is 2.94. The molecule has 0 aliphatic heterocycles. The van der Waals surface area contributed by atoms with Gasteiger partial charge in [0.15, 0.2) is 5.82 Å². The lowest BCUT2D eigenvalue weighted by molar-refractivity contribution is 0.231. The second-order valence-corrected chi connectivity index (χ2v) is 5.32. The normalized spacial score (nSPS) is 11.8. The van der Waals surface area contributed by atoms with Crippen molar-refractivity contribution in [2.24, 2.45) is 4.99 Å². The van der Waals surface area contributed by atoms with Crippen LogP contribution in [0.2, 0.25) is 0 Å². The van der Waals surface area contributed by atoms with Crippen LogP contribution in [0.3, 0.4) is 0 Å². The van der Waals surface area contributed by atoms with Crippen LogP contribution in [-0.4, -0.2) is 33.9 Å². The predicted molar refractivity (Wildman–Crippen MR) is 91.3 cm³/mol. The largest absolute Gasteiger partial charge is 0.497 e. The van der Waals surface area contributed by atoms with Crippen molar-refractivity contribution < 1.29 is 9.47 Å². The number of hydrogen-bond acceptors (Lipinski definition) is 6. The molecule has 1 heterocycles. The second-order valence-electron chi connectivity index (χ2n) is 5.32. The Kier molecular flexibility index (Phi) is 5.68. The van der Waals surface area contributed by atoms with Gasteiger partial charge in [-0.25, -0.2) is 9.67 Å². The molecule has 0 N–H and O–H groups in total. The van der Waals surface area contributed by atoms with Crippen molar-refractivity contribution in [1.29, 1.82) is 5.26 Å². The van der Waals surface area contributed by atoms with Crippen molar-refractivity contribution >= 4 is 12.1 Å². The summed E-state index contributed by atoms with van der Waals surface area (Å²) < 4.78 is 12.2. The summed E-state index contributed by atoms with van der Waals surface area (Å²) in [7, 11) is 1.62. The van der Waals surface area contributed by atoms with E-state index < -0.39 is 0 Å². The number of rotatable bonds is 5. The monoisotopic (exact) mass is 325 g/mol. The summed E-state index contributed by atoms with van der Waals surface area (Å²) in [6.07, 6.45) is 6.40. The molecule has 0 atom stereocenters. The fourth-order valence-corrected chi connectivity index (χ4v) is 2.01. The van der Waals surface area contributed by atoms with Gasteiger partial charge >= 0.3 is 0 Å². The van der Waals surface area contributed by atoms with Crippen LogP contribution in [-0.2, 0) is 4.74 Å². The zero-order valence-corrected chi connectivity index (χ0v) is 14.1. The van der Waals surface area contributed by atoms with E-state index >= 15 is 0 Å². The van der Waals surface area contributed by atoms with Gasteiger partial charge in [-0.05, 0) is 44.5 Å². The fourth-order valence-electron chi connectivity index (χ4n) is 2.01. The molecule has 0 radical (unpaired) electrons. The molecular formula is C17H19N5O2. The SMILES string of the molecule is COc1cc(C)cc(-c2ncn(/C=C\C(=NC#N)OC(C)C)n2)c1. The van der Waals surface area contributed by atoms with Gasteiger partial charge in [-0.3, -0.25) is 0 Å². The van der Waals surface area contributed by atoms with Crippen molar-refractivity contribution in [2.45, 2.75) is 26.9 Å². The van der Waals surface area contributed by atoms with Gasteiger partial charge in [-0.15, -0.1) is 10.1 Å². The number of nitrogens with zero attached hydrogens (tertiary/aromatic N) is 5. The summed E-state index contributed by atoms with van der Waals surface area (Å²) in [4.78, 5) is 7.90. The van der Waals surface area contributed by atoms with Crippen LogP contribution < -0.4 is 4.74 Å². The van der Waals surface area contributed by atoms with E-state index in [9.17, 15) is 0 Å². The van der Waals surface area contributed by atoms with Crippen LogP contribution in [0, 0.1) is 18.4 Å². The molecule has 0 amide bonds. The topological polar surface area (TPSA) is 85.3 Å². The van der Waals surface area contributed by atoms with Gasteiger partial charge in [0, 0.05) is 17.8 Å². The molecule has 0 spiro atoms. The molecule has 24 heavy (non-hydrogen) atoms. The van der Waals surface area contributed by atoms with Crippen molar-refractivity contribution in [2.75, 3.05) is 7.11 Å². The van der Waals surface area contributed by atoms with E-state index in [0.29, 0.717) is 5.82 Å². The highest BCUT2D eigenvalue weighted by atomic mass is 16.5. The summed E-state index contributed by atoms with van der Waals surface area (Å²) in [5, 5.41) is 13.1. The molecule has 0 unspecified atom stereocenters. The number of aryl methyl sites for hydroxylation is 1. The summed E-state index contributed by atoms with van der Waals surface area (Å²) >= 11 is 0. The molecule has 7 heteroatoms. The van der Waals surface area contributed by atoms with Crippen molar-refractivity contribution in [3.8, 4) is 23.3 Å². The van der Waals surface area contributed by atoms with Gasteiger partial charge in [-0.1, -0.05) is 0 Å². The van der Waals surface area contributed by atoms with Crippen LogP contribution in [0.4, 0.5) is 0 Å². The summed E-state index contributed by atoms with van der Waals surface area (Å²) in [5.41, 5.74) is 1.92. The third-order valence-corrected chi connectivity index (χ3v) is 2.94. The Morgan fingerprint density at radius 3 is 2.83 bits per heavy atom. The first-order chi connectivity index (χ1) is 11.5. The van der Waals surface area contributed by atoms with Crippen molar-refractivity contribution in [3.63, 3.8) is 0 Å². The lowest BCUT2D eigenvalue weighted by atomic mass is 10.1. The molecule has 2 rings (SSSR count). The number of benzene rings is 1. The van der Waals surface area contributed by atoms with E-state index in [1.165, 1.54) is 4.68 Å². The van der Waals surface area contributed by atoms with Crippen molar-refractivity contribution in [3.05, 3.63) is 36.2 Å². The molecule has 0 saturated heterocycles. The van der Waals surface area contributed by atoms with E-state index in [-0.39, 0.29) is 12.0 Å². The molecule has 7 nitrogen and oxygen atoms in total. The Balaban J connectivity index is 2.22. The van der Waals surface area contributed by atoms with E-state index in [0.717, 1.165) is 16.9 Å². The second kappa shape index (κ2) is 7.92. The molecule has 0 saturated carbocycles. The Hall–Kier alpha value is -3.14. The highest BCUT2D eigenvalue weighted by Crippen LogP contribution is 2.23. The zero-order chi connectivity index (χ0) is 17.5. The Labute approximate surface area is 140 Å². The minimum atomic E-state index is -0.0761. The van der Waals surface area contributed by atoms with Gasteiger partial charge < -0.3 is 9.47 Å². The van der Waals surface area contributed by atoms with Crippen LogP contribution in [0.1, 0.15) is 19.4 Å². The maximum atomic E-state index is 8.68. The minimum Gasteiger partial charge on any atom is -0.497 e. The van der Waals surface area contributed by atoms with Gasteiger partial charge in [-0.2, -0.15) is 5.26 Å². The quantitative estimate of drug-likeness (QED) is 0.479. The Bertz CT molecular complexity index is 800. The molecule has 0 fully saturated rings. The van der Waals surface area contributed by atoms with Crippen molar-refractivity contribution in [1.82, 2.24) is 14.8 Å². The first-order valence-corrected chi connectivity index (χ1v) is 7.40. The number of aromatic nitrogens is 3. The molecule has 1 aromatic heterocycles. The molecule has 0 bridgehead atoms. The number of ether oxygens (including phenoxy) is 2. The summed E-state index contributed by atoms with van der Waals surface area (Å²) in [5.74, 6) is 1.55. The molecular weight excluding hydrogens is 306 g/mol. The number of nitriles is 1. The number of hydrogen-bond donors (Lipinski definition) is 0. The molecule has 1 aromatic carbocycles. The maximum Gasteiger partial charge on any atom is 0.226 e. The van der Waals surface area contributed by atoms with E-state index in [4.69, 9.17) is 14.7 Å². The standard InChI is InChI=1S/C17H19N5O2/c1-12(2)24-16(19-10-18)5-6-22-11-20-17(21-22)14-7-13(3)8-15(9-14)23-4/h5-9,11-12H,1-4H3/b6-5-,19-16?.